The molecule has 0 saturated carbocycles. The van der Waals surface area contributed by atoms with Crippen LogP contribution < -0.4 is 10.5 Å². The number of nitrogens with one attached hydrogen (secondary N) is 1. The van der Waals surface area contributed by atoms with Gasteiger partial charge >= 0.3 is 0 Å². The molecule has 2 aromatic heterocycles. The van der Waals surface area contributed by atoms with Crippen molar-refractivity contribution < 1.29 is 17.4 Å². The maximum absolute atomic E-state index is 12.0. The van der Waals surface area contributed by atoms with E-state index in [2.05, 4.69) is 9.88 Å². The second-order valence-corrected chi connectivity index (χ2v) is 5.75. The lowest BCUT2D eigenvalue weighted by molar-refractivity contribution is 0.392. The number of sulfonamides is 1. The van der Waals surface area contributed by atoms with Crippen molar-refractivity contribution in [3.05, 3.63) is 34.9 Å². The Morgan fingerprint density at radius 3 is 2.63 bits per heavy atom. The Morgan fingerprint density at radius 2 is 2.11 bits per heavy atom. The van der Waals surface area contributed by atoms with Crippen LogP contribution in [0.5, 0.6) is 0 Å². The van der Waals surface area contributed by atoms with E-state index in [-0.39, 0.29) is 18.2 Å². The highest BCUT2D eigenvalue weighted by Crippen LogP contribution is 2.16. The van der Waals surface area contributed by atoms with Crippen LogP contribution in [0.25, 0.3) is 0 Å². The summed E-state index contributed by atoms with van der Waals surface area (Å²) in [6, 6.07) is 2.91. The molecule has 8 heteroatoms. The molecule has 0 fully saturated rings. The van der Waals surface area contributed by atoms with E-state index < -0.39 is 10.0 Å². The van der Waals surface area contributed by atoms with Gasteiger partial charge in [-0.2, -0.15) is 0 Å². The molecule has 2 rings (SSSR count). The lowest BCUT2D eigenvalue weighted by atomic mass is 10.2. The molecule has 0 aliphatic heterocycles. The number of hydrogen-bond acceptors (Lipinski definition) is 6. The second kappa shape index (κ2) is 5.16. The molecule has 0 spiro atoms. The number of aromatic nitrogens is 1. The number of furan rings is 1. The summed E-state index contributed by atoms with van der Waals surface area (Å²) in [5.74, 6) is 1.00. The van der Waals surface area contributed by atoms with Crippen LogP contribution in [0.3, 0.4) is 0 Å². The lowest BCUT2D eigenvalue weighted by Crippen LogP contribution is -2.23. The zero-order chi connectivity index (χ0) is 14.0. The van der Waals surface area contributed by atoms with Crippen molar-refractivity contribution in [2.24, 2.45) is 5.73 Å². The fourth-order valence-corrected chi connectivity index (χ4v) is 2.55. The normalized spacial score (nSPS) is 11.9. The van der Waals surface area contributed by atoms with Crippen molar-refractivity contribution in [3.8, 4) is 0 Å². The van der Waals surface area contributed by atoms with E-state index in [0.717, 1.165) is 0 Å². The van der Waals surface area contributed by atoms with Crippen LogP contribution in [0.15, 0.2) is 26.2 Å². The quantitative estimate of drug-likeness (QED) is 0.841. The summed E-state index contributed by atoms with van der Waals surface area (Å²) in [5.41, 5.74) is 6.74. The summed E-state index contributed by atoms with van der Waals surface area (Å²) in [5, 5.41) is 3.60. The largest absolute Gasteiger partial charge is 0.447 e. The minimum absolute atomic E-state index is 0.0994. The zero-order valence-corrected chi connectivity index (χ0v) is 11.5. The Kier molecular flexibility index (Phi) is 3.74. The van der Waals surface area contributed by atoms with Crippen LogP contribution in [0.2, 0.25) is 0 Å². The SMILES string of the molecule is Cc1noc(C)c1CNS(=O)(=O)c1ccc(CN)o1. The molecule has 0 aromatic carbocycles. The van der Waals surface area contributed by atoms with Gasteiger partial charge in [0, 0.05) is 12.1 Å². The Morgan fingerprint density at radius 1 is 1.37 bits per heavy atom. The first-order valence-corrected chi connectivity index (χ1v) is 7.12. The van der Waals surface area contributed by atoms with Crippen molar-refractivity contribution in [3.63, 3.8) is 0 Å². The maximum atomic E-state index is 12.0. The van der Waals surface area contributed by atoms with E-state index in [1.165, 1.54) is 12.1 Å². The van der Waals surface area contributed by atoms with Gasteiger partial charge in [0.2, 0.25) is 5.09 Å². The summed E-state index contributed by atoms with van der Waals surface area (Å²) in [4.78, 5) is 0. The first-order valence-electron chi connectivity index (χ1n) is 5.64. The van der Waals surface area contributed by atoms with Crippen molar-refractivity contribution in [1.29, 1.82) is 0 Å². The Labute approximate surface area is 110 Å². The highest BCUT2D eigenvalue weighted by molar-refractivity contribution is 7.89. The number of nitrogens with two attached hydrogens (primary N) is 1. The molecule has 104 valence electrons. The highest BCUT2D eigenvalue weighted by atomic mass is 32.2. The lowest BCUT2D eigenvalue weighted by Gasteiger charge is -2.03. The van der Waals surface area contributed by atoms with E-state index in [1.54, 1.807) is 13.8 Å². The van der Waals surface area contributed by atoms with Gasteiger partial charge < -0.3 is 14.7 Å². The van der Waals surface area contributed by atoms with Gasteiger partial charge in [0.05, 0.1) is 12.2 Å². The monoisotopic (exact) mass is 285 g/mol. The van der Waals surface area contributed by atoms with Crippen LogP contribution in [0, 0.1) is 13.8 Å². The van der Waals surface area contributed by atoms with Gasteiger partial charge in [0.25, 0.3) is 10.0 Å². The molecule has 2 heterocycles. The molecular formula is C11H15N3O4S. The van der Waals surface area contributed by atoms with Crippen molar-refractivity contribution in [1.82, 2.24) is 9.88 Å². The van der Waals surface area contributed by atoms with Gasteiger partial charge in [-0.05, 0) is 26.0 Å². The average Bonchev–Trinajstić information content (AvgIpc) is 2.96. The third kappa shape index (κ3) is 2.86. The molecule has 0 saturated heterocycles. The van der Waals surface area contributed by atoms with Crippen LogP contribution in [0.4, 0.5) is 0 Å². The molecule has 0 amide bonds. The van der Waals surface area contributed by atoms with E-state index in [0.29, 0.717) is 22.8 Å². The summed E-state index contributed by atoms with van der Waals surface area (Å²) >= 11 is 0. The van der Waals surface area contributed by atoms with Gasteiger partial charge in [-0.25, -0.2) is 13.1 Å². The molecule has 2 aromatic rings. The summed E-state index contributed by atoms with van der Waals surface area (Å²) in [7, 11) is -3.70. The molecule has 0 bridgehead atoms. The van der Waals surface area contributed by atoms with Crippen molar-refractivity contribution in [2.45, 2.75) is 32.0 Å². The Balaban J connectivity index is 2.14. The standard InChI is InChI=1S/C11H15N3O4S/c1-7-10(8(2)18-14-7)6-13-19(15,16)11-4-3-9(5-12)17-11/h3-4,13H,5-6,12H2,1-2H3. The summed E-state index contributed by atoms with van der Waals surface area (Å²) in [6.45, 7) is 3.73. The van der Waals surface area contributed by atoms with Gasteiger partial charge in [-0.3, -0.25) is 0 Å². The smallest absolute Gasteiger partial charge is 0.274 e. The van der Waals surface area contributed by atoms with E-state index in [1.807, 2.05) is 0 Å². The molecule has 0 aliphatic carbocycles. The number of rotatable bonds is 5. The molecule has 0 atom stereocenters. The fourth-order valence-electron chi connectivity index (χ4n) is 1.60. The topological polar surface area (TPSA) is 111 Å². The molecule has 3 N–H and O–H groups in total. The minimum Gasteiger partial charge on any atom is -0.447 e. The predicted octanol–water partition coefficient (Wildman–Crippen LogP) is 0.822. The molecule has 0 radical (unpaired) electrons. The zero-order valence-electron chi connectivity index (χ0n) is 10.6. The Hall–Kier alpha value is -1.64. The summed E-state index contributed by atoms with van der Waals surface area (Å²) < 4.78 is 36.5. The van der Waals surface area contributed by atoms with Crippen LogP contribution >= 0.6 is 0 Å². The van der Waals surface area contributed by atoms with E-state index in [9.17, 15) is 8.42 Å². The van der Waals surface area contributed by atoms with Gasteiger partial charge in [-0.15, -0.1) is 0 Å². The van der Waals surface area contributed by atoms with Crippen molar-refractivity contribution in [2.75, 3.05) is 0 Å². The van der Waals surface area contributed by atoms with Gasteiger partial charge in [0.15, 0.2) is 0 Å². The highest BCUT2D eigenvalue weighted by Gasteiger charge is 2.20. The van der Waals surface area contributed by atoms with Gasteiger partial charge in [0.1, 0.15) is 11.5 Å². The van der Waals surface area contributed by atoms with Crippen LogP contribution in [-0.4, -0.2) is 13.6 Å². The summed E-state index contributed by atoms with van der Waals surface area (Å²) in [6.07, 6.45) is 0. The second-order valence-electron chi connectivity index (χ2n) is 4.05. The predicted molar refractivity (Wildman–Crippen MR) is 66.6 cm³/mol. The van der Waals surface area contributed by atoms with Crippen LogP contribution in [0.1, 0.15) is 22.8 Å². The molecule has 7 nitrogen and oxygen atoms in total. The van der Waals surface area contributed by atoms with E-state index >= 15 is 0 Å². The molecule has 0 aliphatic rings. The van der Waals surface area contributed by atoms with Gasteiger partial charge in [-0.1, -0.05) is 5.16 Å². The molecule has 0 unspecified atom stereocenters. The Bertz CT molecular complexity index is 652. The number of hydrogen-bond donors (Lipinski definition) is 2. The molecule has 19 heavy (non-hydrogen) atoms. The third-order valence-corrected chi connectivity index (χ3v) is 4.00. The van der Waals surface area contributed by atoms with E-state index in [4.69, 9.17) is 14.7 Å². The van der Waals surface area contributed by atoms with Crippen molar-refractivity contribution >= 4 is 10.0 Å². The minimum atomic E-state index is -3.70. The molecular weight excluding hydrogens is 270 g/mol. The number of nitrogens with zero attached hydrogens (tertiary/aromatic N) is 1. The third-order valence-electron chi connectivity index (χ3n) is 2.72. The van der Waals surface area contributed by atoms with Crippen LogP contribution in [-0.2, 0) is 23.1 Å². The first-order chi connectivity index (χ1) is 8.94. The first kappa shape index (κ1) is 13.8. The maximum Gasteiger partial charge on any atom is 0.274 e. The number of aryl methyl sites for hydroxylation is 2. The fraction of sp³-hybridized carbons (Fsp3) is 0.364. The average molecular weight is 285 g/mol.